The maximum Gasteiger partial charge on any atom is 0.315 e. The molecule has 112 valence electrons. The van der Waals surface area contributed by atoms with Crippen LogP contribution >= 0.6 is 27.3 Å². The van der Waals surface area contributed by atoms with E-state index in [0.29, 0.717) is 16.6 Å². The second-order valence-electron chi connectivity index (χ2n) is 4.94. The molecule has 0 saturated heterocycles. The molecule has 0 unspecified atom stereocenters. The van der Waals surface area contributed by atoms with Crippen LogP contribution in [-0.4, -0.2) is 23.2 Å². The van der Waals surface area contributed by atoms with Gasteiger partial charge in [-0.1, -0.05) is 0 Å². The highest BCUT2D eigenvalue weighted by molar-refractivity contribution is 9.10. The number of nitrogens with zero attached hydrogens (tertiary/aromatic N) is 1. The number of hydrogen-bond donors (Lipinski definition) is 2. The lowest BCUT2D eigenvalue weighted by atomic mass is 9.90. The van der Waals surface area contributed by atoms with Gasteiger partial charge in [-0.15, -0.1) is 11.3 Å². The first-order valence-corrected chi connectivity index (χ1v) is 7.82. The molecular formula is C14H15BrN2O3S. The first-order valence-electron chi connectivity index (χ1n) is 6.14. The number of methoxy groups -OCH3 is 1. The van der Waals surface area contributed by atoms with Gasteiger partial charge in [0.1, 0.15) is 11.2 Å². The summed E-state index contributed by atoms with van der Waals surface area (Å²) in [6.45, 7) is 3.27. The van der Waals surface area contributed by atoms with Crippen molar-refractivity contribution in [2.75, 3.05) is 12.4 Å². The van der Waals surface area contributed by atoms with E-state index >= 15 is 0 Å². The molecule has 21 heavy (non-hydrogen) atoms. The van der Waals surface area contributed by atoms with E-state index in [1.54, 1.807) is 26.3 Å². The number of rotatable bonds is 5. The normalized spacial score (nSPS) is 11.2. The van der Waals surface area contributed by atoms with Gasteiger partial charge in [0.25, 0.3) is 0 Å². The fraction of sp³-hybridized carbons (Fsp3) is 0.286. The number of halogens is 1. The largest absolute Gasteiger partial charge is 0.495 e. The number of anilines is 2. The van der Waals surface area contributed by atoms with E-state index in [-0.39, 0.29) is 0 Å². The molecule has 1 heterocycles. The molecule has 7 heteroatoms. The number of carboxylic acid groups (broad SMARTS) is 1. The number of ether oxygens (including phenoxy) is 1. The molecule has 0 bridgehead atoms. The van der Waals surface area contributed by atoms with Gasteiger partial charge in [-0.3, -0.25) is 4.79 Å². The van der Waals surface area contributed by atoms with Gasteiger partial charge in [0, 0.05) is 17.1 Å². The van der Waals surface area contributed by atoms with Crippen LogP contribution < -0.4 is 10.1 Å². The predicted octanol–water partition coefficient (Wildman–Crippen LogP) is 4.02. The third-order valence-corrected chi connectivity index (χ3v) is 4.49. The average Bonchev–Trinajstić information content (AvgIpc) is 2.90. The van der Waals surface area contributed by atoms with Crippen LogP contribution in [0.2, 0.25) is 0 Å². The lowest BCUT2D eigenvalue weighted by Crippen LogP contribution is -2.28. The van der Waals surface area contributed by atoms with E-state index in [9.17, 15) is 9.90 Å². The quantitative estimate of drug-likeness (QED) is 0.831. The number of benzene rings is 1. The number of carbonyl (C=O) groups is 1. The molecule has 0 aliphatic rings. The van der Waals surface area contributed by atoms with Gasteiger partial charge < -0.3 is 15.2 Å². The minimum absolute atomic E-state index is 0.534. The van der Waals surface area contributed by atoms with Crippen molar-refractivity contribution in [3.8, 4) is 5.75 Å². The van der Waals surface area contributed by atoms with Gasteiger partial charge in [0.05, 0.1) is 17.3 Å². The molecule has 2 rings (SSSR count). The summed E-state index contributed by atoms with van der Waals surface area (Å²) in [6.07, 6.45) is 0. The van der Waals surface area contributed by atoms with Crippen molar-refractivity contribution in [1.29, 1.82) is 0 Å². The van der Waals surface area contributed by atoms with Crippen molar-refractivity contribution in [3.63, 3.8) is 0 Å². The number of carboxylic acids is 1. The molecule has 0 atom stereocenters. The molecule has 2 aromatic rings. The monoisotopic (exact) mass is 370 g/mol. The number of aliphatic carboxylic acids is 1. The Kier molecular flexibility index (Phi) is 4.53. The molecule has 5 nitrogen and oxygen atoms in total. The van der Waals surface area contributed by atoms with Gasteiger partial charge >= 0.3 is 5.97 Å². The Hall–Kier alpha value is -1.60. The molecule has 0 spiro atoms. The number of aromatic nitrogens is 1. The number of thiazole rings is 1. The van der Waals surface area contributed by atoms with Gasteiger partial charge in [-0.2, -0.15) is 0 Å². The topological polar surface area (TPSA) is 71.5 Å². The maximum absolute atomic E-state index is 11.2. The molecule has 0 amide bonds. The molecule has 0 radical (unpaired) electrons. The summed E-state index contributed by atoms with van der Waals surface area (Å²) in [5, 5.41) is 14.8. The van der Waals surface area contributed by atoms with Crippen LogP contribution in [-0.2, 0) is 10.2 Å². The summed E-state index contributed by atoms with van der Waals surface area (Å²) >= 11 is 4.76. The zero-order valence-corrected chi connectivity index (χ0v) is 14.2. The SMILES string of the molecule is COc1cc(Nc2nc(C(C)(C)C(=O)O)cs2)ccc1Br. The number of nitrogens with one attached hydrogen (secondary N) is 1. The Labute approximate surface area is 135 Å². The fourth-order valence-corrected chi connectivity index (χ4v) is 2.90. The highest BCUT2D eigenvalue weighted by atomic mass is 79.9. The van der Waals surface area contributed by atoms with Crippen molar-refractivity contribution in [3.05, 3.63) is 33.7 Å². The Morgan fingerprint density at radius 2 is 2.19 bits per heavy atom. The first kappa shape index (κ1) is 15.8. The minimum atomic E-state index is -1.01. The predicted molar refractivity (Wildman–Crippen MR) is 86.8 cm³/mol. The zero-order chi connectivity index (χ0) is 15.6. The first-order chi connectivity index (χ1) is 9.84. The third-order valence-electron chi connectivity index (χ3n) is 3.08. The molecule has 0 saturated carbocycles. The van der Waals surface area contributed by atoms with Crippen LogP contribution in [0.4, 0.5) is 10.8 Å². The van der Waals surface area contributed by atoms with Crippen molar-refractivity contribution < 1.29 is 14.6 Å². The standard InChI is InChI=1S/C14H15BrN2O3S/c1-14(2,12(18)19)11-7-21-13(17-11)16-8-4-5-9(15)10(6-8)20-3/h4-7H,1-3H3,(H,16,17)(H,18,19). The van der Waals surface area contributed by atoms with Crippen LogP contribution in [0.15, 0.2) is 28.1 Å². The minimum Gasteiger partial charge on any atom is -0.495 e. The third kappa shape index (κ3) is 3.36. The molecular weight excluding hydrogens is 356 g/mol. The molecule has 2 N–H and O–H groups in total. The Morgan fingerprint density at radius 3 is 2.81 bits per heavy atom. The summed E-state index contributed by atoms with van der Waals surface area (Å²) in [5.41, 5.74) is 0.351. The van der Waals surface area contributed by atoms with Crippen molar-refractivity contribution >= 4 is 44.1 Å². The van der Waals surface area contributed by atoms with Gasteiger partial charge in [-0.25, -0.2) is 4.98 Å². The Bertz CT molecular complexity index is 670. The Balaban J connectivity index is 2.22. The van der Waals surface area contributed by atoms with Crippen molar-refractivity contribution in [1.82, 2.24) is 4.98 Å². The van der Waals surface area contributed by atoms with Crippen LogP contribution in [0.1, 0.15) is 19.5 Å². The fourth-order valence-electron chi connectivity index (χ4n) is 1.59. The van der Waals surface area contributed by atoms with Gasteiger partial charge in [0.2, 0.25) is 0 Å². The lowest BCUT2D eigenvalue weighted by molar-refractivity contribution is -0.142. The maximum atomic E-state index is 11.2. The highest BCUT2D eigenvalue weighted by Gasteiger charge is 2.32. The van der Waals surface area contributed by atoms with E-state index in [0.717, 1.165) is 10.2 Å². The average molecular weight is 371 g/mol. The summed E-state index contributed by atoms with van der Waals surface area (Å²) < 4.78 is 6.10. The lowest BCUT2D eigenvalue weighted by Gasteiger charge is -2.15. The molecule has 1 aromatic carbocycles. The Morgan fingerprint density at radius 1 is 1.48 bits per heavy atom. The molecule has 0 aliphatic carbocycles. The van der Waals surface area contributed by atoms with E-state index in [1.165, 1.54) is 11.3 Å². The van der Waals surface area contributed by atoms with Crippen molar-refractivity contribution in [2.45, 2.75) is 19.3 Å². The van der Waals surface area contributed by atoms with Crippen LogP contribution in [0, 0.1) is 0 Å². The number of hydrogen-bond acceptors (Lipinski definition) is 5. The molecule has 1 aromatic heterocycles. The van der Waals surface area contributed by atoms with Crippen molar-refractivity contribution in [2.24, 2.45) is 0 Å². The second-order valence-corrected chi connectivity index (χ2v) is 6.65. The summed E-state index contributed by atoms with van der Waals surface area (Å²) in [5.74, 6) is -0.188. The summed E-state index contributed by atoms with van der Waals surface area (Å²) in [4.78, 5) is 15.6. The zero-order valence-electron chi connectivity index (χ0n) is 11.8. The highest BCUT2D eigenvalue weighted by Crippen LogP contribution is 2.32. The van der Waals surface area contributed by atoms with E-state index in [1.807, 2.05) is 18.2 Å². The van der Waals surface area contributed by atoms with E-state index in [2.05, 4.69) is 26.2 Å². The summed E-state index contributed by atoms with van der Waals surface area (Å²) in [6, 6.07) is 5.60. The summed E-state index contributed by atoms with van der Waals surface area (Å²) in [7, 11) is 1.60. The second kappa shape index (κ2) is 6.03. The molecule has 0 aliphatic heterocycles. The van der Waals surface area contributed by atoms with Gasteiger partial charge in [0.15, 0.2) is 5.13 Å². The van der Waals surface area contributed by atoms with Crippen LogP contribution in [0.5, 0.6) is 5.75 Å². The van der Waals surface area contributed by atoms with Crippen LogP contribution in [0.3, 0.4) is 0 Å². The molecule has 0 fully saturated rings. The van der Waals surface area contributed by atoms with Crippen LogP contribution in [0.25, 0.3) is 0 Å². The van der Waals surface area contributed by atoms with E-state index < -0.39 is 11.4 Å². The van der Waals surface area contributed by atoms with E-state index in [4.69, 9.17) is 4.74 Å². The van der Waals surface area contributed by atoms with Gasteiger partial charge in [-0.05, 0) is 41.9 Å². The smallest absolute Gasteiger partial charge is 0.315 e.